The van der Waals surface area contributed by atoms with Crippen molar-refractivity contribution in [3.05, 3.63) is 136 Å². The molecule has 0 saturated heterocycles. The number of amides is 1. The van der Waals surface area contributed by atoms with Gasteiger partial charge in [0, 0.05) is 10.9 Å². The van der Waals surface area contributed by atoms with Gasteiger partial charge in [-0.1, -0.05) is 48.0 Å². The van der Waals surface area contributed by atoms with Crippen LogP contribution in [0.4, 0.5) is 0 Å². The zero-order chi connectivity index (χ0) is 37.2. The van der Waals surface area contributed by atoms with Gasteiger partial charge in [0.1, 0.15) is 17.2 Å². The minimum Gasteiger partial charge on any atom is -0.497 e. The predicted molar refractivity (Wildman–Crippen MR) is 204 cm³/mol. The summed E-state index contributed by atoms with van der Waals surface area (Å²) in [6.45, 7) is -0.133. The number of hydrogen-bond acceptors (Lipinski definition) is 9. The Morgan fingerprint density at radius 1 is 0.963 bits per heavy atom. The molecule has 3 aromatic heterocycles. The largest absolute Gasteiger partial charge is 0.497 e. The summed E-state index contributed by atoms with van der Waals surface area (Å²) >= 11 is 6.10. The molecule has 6 aromatic rings. The Morgan fingerprint density at radius 2 is 1.70 bits per heavy atom. The normalized spacial score (nSPS) is 17.4. The van der Waals surface area contributed by atoms with Gasteiger partial charge in [0.2, 0.25) is 0 Å². The first kappa shape index (κ1) is 34.9. The average molecular weight is 742 g/mol. The molecule has 0 N–H and O–H groups in total. The van der Waals surface area contributed by atoms with Crippen molar-refractivity contribution in [2.45, 2.75) is 31.8 Å². The van der Waals surface area contributed by atoms with E-state index in [1.807, 2.05) is 60.7 Å². The molecule has 8 rings (SSSR count). The molecule has 54 heavy (non-hydrogen) atoms. The van der Waals surface area contributed by atoms with Crippen LogP contribution in [0.5, 0.6) is 11.5 Å². The molecule has 12 heteroatoms. The van der Waals surface area contributed by atoms with E-state index in [1.165, 1.54) is 11.3 Å². The second kappa shape index (κ2) is 15.0. The average Bonchev–Trinajstić information content (AvgIpc) is 3.98. The first-order valence-corrected chi connectivity index (χ1v) is 18.0. The van der Waals surface area contributed by atoms with Crippen LogP contribution in [-0.2, 0) is 16.1 Å². The van der Waals surface area contributed by atoms with Crippen LogP contribution in [0.15, 0.2) is 119 Å². The van der Waals surface area contributed by atoms with Crippen molar-refractivity contribution in [3.8, 4) is 23.0 Å². The zero-order valence-corrected chi connectivity index (χ0v) is 30.4. The van der Waals surface area contributed by atoms with E-state index in [9.17, 15) is 9.59 Å². The molecule has 3 aromatic carbocycles. The Bertz CT molecular complexity index is 2370. The van der Waals surface area contributed by atoms with Gasteiger partial charge in [-0.15, -0.1) is 0 Å². The number of furan rings is 1. The lowest BCUT2D eigenvalue weighted by Gasteiger charge is -2.29. The number of carbonyl (C=O) groups is 2. The maximum Gasteiger partial charge on any atom is 0.339 e. The van der Waals surface area contributed by atoms with Gasteiger partial charge in [-0.05, 0) is 102 Å². The molecule has 0 radical (unpaired) electrons. The molecule has 272 valence electrons. The lowest BCUT2D eigenvalue weighted by molar-refractivity contribution is -0.137. The Morgan fingerprint density at radius 3 is 2.41 bits per heavy atom. The van der Waals surface area contributed by atoms with Gasteiger partial charge in [0.25, 0.3) is 5.91 Å². The second-order valence-corrected chi connectivity index (χ2v) is 13.6. The third kappa shape index (κ3) is 6.97. The molecule has 1 fully saturated rings. The van der Waals surface area contributed by atoms with Crippen molar-refractivity contribution in [3.63, 3.8) is 0 Å². The van der Waals surface area contributed by atoms with Crippen LogP contribution in [0, 0.1) is 5.92 Å². The minimum atomic E-state index is -0.694. The molecule has 1 aliphatic heterocycles. The third-order valence-corrected chi connectivity index (χ3v) is 10.1. The molecule has 2 aliphatic rings. The Hall–Kier alpha value is -6.20. The summed E-state index contributed by atoms with van der Waals surface area (Å²) in [5.74, 6) is 0.780. The Kier molecular flexibility index (Phi) is 9.71. The lowest BCUT2D eigenvalue weighted by Crippen LogP contribution is -2.34. The molecule has 1 saturated carbocycles. The SMILES string of the molecule is COc1ccc(/C=C2/CCCC3C2=NN(C(=O)COC(=O)c2cc(-c4ccco4)nc4c2cnn4Cc2ccc(Cl)cc2)C3c2ccc(OC)cc2)cc1. The Labute approximate surface area is 316 Å². The van der Waals surface area contributed by atoms with E-state index in [-0.39, 0.29) is 17.5 Å². The number of ether oxygens (including phenoxy) is 3. The number of nitrogens with zero attached hydrogens (tertiary/aromatic N) is 5. The number of hydrogen-bond donors (Lipinski definition) is 0. The van der Waals surface area contributed by atoms with Crippen LogP contribution in [-0.4, -0.2) is 58.2 Å². The van der Waals surface area contributed by atoms with Crippen LogP contribution in [0.2, 0.25) is 5.02 Å². The van der Waals surface area contributed by atoms with Crippen LogP contribution in [0.3, 0.4) is 0 Å². The fourth-order valence-corrected chi connectivity index (χ4v) is 7.29. The number of esters is 1. The van der Waals surface area contributed by atoms with Gasteiger partial charge in [-0.3, -0.25) is 4.79 Å². The number of carbonyl (C=O) groups excluding carboxylic acids is 2. The maximum atomic E-state index is 14.1. The monoisotopic (exact) mass is 741 g/mol. The highest BCUT2D eigenvalue weighted by atomic mass is 35.5. The molecule has 1 amide bonds. The van der Waals surface area contributed by atoms with E-state index >= 15 is 0 Å². The summed E-state index contributed by atoms with van der Waals surface area (Å²) in [5.41, 5.74) is 5.91. The van der Waals surface area contributed by atoms with Crippen molar-refractivity contribution in [2.24, 2.45) is 11.0 Å². The van der Waals surface area contributed by atoms with E-state index < -0.39 is 18.5 Å². The summed E-state index contributed by atoms with van der Waals surface area (Å²) in [4.78, 5) is 32.8. The van der Waals surface area contributed by atoms with Crippen molar-refractivity contribution in [1.82, 2.24) is 19.8 Å². The number of hydrazone groups is 1. The first-order chi connectivity index (χ1) is 26.4. The van der Waals surface area contributed by atoms with Crippen molar-refractivity contribution in [1.29, 1.82) is 0 Å². The summed E-state index contributed by atoms with van der Waals surface area (Å²) in [6.07, 6.45) is 7.86. The van der Waals surface area contributed by atoms with Crippen molar-refractivity contribution < 1.29 is 28.2 Å². The molecule has 0 bridgehead atoms. The van der Waals surface area contributed by atoms with Gasteiger partial charge < -0.3 is 18.6 Å². The zero-order valence-electron chi connectivity index (χ0n) is 29.6. The number of allylic oxidation sites excluding steroid dienone is 1. The standard InChI is InChI=1S/C42H36ClN5O6/c1-51-31-16-10-26(11-17-31)21-29-5-3-6-33-39(29)46-48(40(33)28-12-18-32(52-2)19-13-28)38(49)25-54-42(50)34-22-36(37-7-4-20-53-37)45-41-35(34)23-44-47(41)24-27-8-14-30(43)15-9-27/h4,7-23,33,40H,3,5-6,24-25H2,1-2H3/b29-21-. The van der Waals surface area contributed by atoms with Gasteiger partial charge >= 0.3 is 5.97 Å². The van der Waals surface area contributed by atoms with Crippen LogP contribution < -0.4 is 9.47 Å². The maximum absolute atomic E-state index is 14.1. The molecule has 2 unspecified atom stereocenters. The van der Waals surface area contributed by atoms with Crippen LogP contribution in [0.1, 0.15) is 52.4 Å². The highest BCUT2D eigenvalue weighted by molar-refractivity contribution is 6.30. The quantitative estimate of drug-likeness (QED) is 0.128. The summed E-state index contributed by atoms with van der Waals surface area (Å²) in [7, 11) is 3.26. The Balaban J connectivity index is 1.09. The van der Waals surface area contributed by atoms with Crippen molar-refractivity contribution >= 4 is 46.3 Å². The molecular formula is C42H36ClN5O6. The number of fused-ring (bicyclic) bond motifs is 2. The minimum absolute atomic E-state index is 0.0431. The highest BCUT2D eigenvalue weighted by Crippen LogP contribution is 2.45. The number of methoxy groups -OCH3 is 2. The molecule has 1 aliphatic carbocycles. The van der Waals surface area contributed by atoms with Gasteiger partial charge in [0.15, 0.2) is 18.0 Å². The number of rotatable bonds is 10. The lowest BCUT2D eigenvalue weighted by atomic mass is 9.77. The topological polar surface area (TPSA) is 121 Å². The number of benzene rings is 3. The van der Waals surface area contributed by atoms with E-state index in [4.69, 9.17) is 40.3 Å². The van der Waals surface area contributed by atoms with E-state index in [2.05, 4.69) is 11.2 Å². The molecule has 4 heterocycles. The van der Waals surface area contributed by atoms with Crippen LogP contribution in [0.25, 0.3) is 28.6 Å². The number of pyridine rings is 1. The molecule has 0 spiro atoms. The molecule has 2 atom stereocenters. The van der Waals surface area contributed by atoms with Gasteiger partial charge in [-0.25, -0.2) is 19.5 Å². The first-order valence-electron chi connectivity index (χ1n) is 17.6. The van der Waals surface area contributed by atoms with Gasteiger partial charge in [-0.2, -0.15) is 10.2 Å². The second-order valence-electron chi connectivity index (χ2n) is 13.2. The van der Waals surface area contributed by atoms with E-state index in [0.29, 0.717) is 39.8 Å². The smallest absolute Gasteiger partial charge is 0.339 e. The van der Waals surface area contributed by atoms with Crippen LogP contribution >= 0.6 is 11.6 Å². The number of aromatic nitrogens is 3. The van der Waals surface area contributed by atoms with Crippen molar-refractivity contribution in [2.75, 3.05) is 20.8 Å². The van der Waals surface area contributed by atoms with E-state index in [1.54, 1.807) is 55.4 Å². The molecular weight excluding hydrogens is 706 g/mol. The number of halogens is 1. The fourth-order valence-electron chi connectivity index (χ4n) is 7.16. The summed E-state index contributed by atoms with van der Waals surface area (Å²) in [6, 6.07) is 27.7. The predicted octanol–water partition coefficient (Wildman–Crippen LogP) is 8.39. The highest BCUT2D eigenvalue weighted by Gasteiger charge is 2.44. The third-order valence-electron chi connectivity index (χ3n) is 9.85. The van der Waals surface area contributed by atoms with E-state index in [0.717, 1.165) is 53.0 Å². The summed E-state index contributed by atoms with van der Waals surface area (Å²) < 4.78 is 23.9. The molecule has 11 nitrogen and oxygen atoms in total. The van der Waals surface area contributed by atoms with Gasteiger partial charge in [0.05, 0.1) is 55.9 Å². The summed E-state index contributed by atoms with van der Waals surface area (Å²) in [5, 5.41) is 12.1. The fraction of sp³-hybridized carbons (Fsp3) is 0.214.